The molecule has 0 saturated heterocycles. The molecule has 0 bridgehead atoms. The third-order valence-corrected chi connectivity index (χ3v) is 4.07. The zero-order valence-corrected chi connectivity index (χ0v) is 13.0. The highest BCUT2D eigenvalue weighted by molar-refractivity contribution is 6.31. The molecule has 1 saturated carbocycles. The van der Waals surface area contributed by atoms with E-state index >= 15 is 0 Å². The van der Waals surface area contributed by atoms with Crippen molar-refractivity contribution in [3.8, 4) is 0 Å². The van der Waals surface area contributed by atoms with Crippen molar-refractivity contribution >= 4 is 23.5 Å². The van der Waals surface area contributed by atoms with Crippen LogP contribution in [0.5, 0.6) is 0 Å². The minimum Gasteiger partial charge on any atom is -0.455 e. The van der Waals surface area contributed by atoms with Crippen LogP contribution in [0.25, 0.3) is 0 Å². The van der Waals surface area contributed by atoms with E-state index in [1.807, 2.05) is 0 Å². The number of halogens is 2. The van der Waals surface area contributed by atoms with Crippen LogP contribution in [0.4, 0.5) is 4.39 Å². The van der Waals surface area contributed by atoms with E-state index in [1.165, 1.54) is 24.6 Å². The Morgan fingerprint density at radius 2 is 2.00 bits per heavy atom. The molecule has 6 heteroatoms. The predicted molar refractivity (Wildman–Crippen MR) is 81.1 cm³/mol. The minimum atomic E-state index is -0.675. The van der Waals surface area contributed by atoms with Gasteiger partial charge in [-0.05, 0) is 25.0 Å². The van der Waals surface area contributed by atoms with E-state index in [-0.39, 0.29) is 35.6 Å². The van der Waals surface area contributed by atoms with Gasteiger partial charge in [0.15, 0.2) is 6.61 Å². The van der Waals surface area contributed by atoms with Gasteiger partial charge in [0, 0.05) is 16.6 Å². The average molecular weight is 328 g/mol. The monoisotopic (exact) mass is 327 g/mol. The Kier molecular flexibility index (Phi) is 6.19. The standard InChI is InChI=1S/C16H19ClFNO3/c17-13-7-4-8-14(18)12(13)9-16(21)22-10-15(20)19-11-5-2-1-3-6-11/h4,7-8,11H,1-3,5-6,9-10H2,(H,19,20). The van der Waals surface area contributed by atoms with Crippen LogP contribution in [-0.4, -0.2) is 24.5 Å². The molecule has 4 nitrogen and oxygen atoms in total. The van der Waals surface area contributed by atoms with E-state index in [2.05, 4.69) is 5.32 Å². The minimum absolute atomic E-state index is 0.0851. The maximum Gasteiger partial charge on any atom is 0.310 e. The lowest BCUT2D eigenvalue weighted by molar-refractivity contribution is -0.148. The van der Waals surface area contributed by atoms with E-state index < -0.39 is 11.8 Å². The zero-order chi connectivity index (χ0) is 15.9. The molecule has 1 aromatic carbocycles. The molecule has 0 spiro atoms. The molecule has 0 heterocycles. The molecule has 1 fully saturated rings. The second kappa shape index (κ2) is 8.13. The van der Waals surface area contributed by atoms with Gasteiger partial charge in [0.2, 0.25) is 0 Å². The Morgan fingerprint density at radius 1 is 1.27 bits per heavy atom. The Hall–Kier alpha value is -1.62. The fourth-order valence-electron chi connectivity index (χ4n) is 2.56. The number of ether oxygens (including phenoxy) is 1. The SMILES string of the molecule is O=C(COC(=O)Cc1c(F)cccc1Cl)NC1CCCCC1. The first-order valence-electron chi connectivity index (χ1n) is 7.44. The molecule has 1 aliphatic carbocycles. The van der Waals surface area contributed by atoms with Crippen molar-refractivity contribution in [1.29, 1.82) is 0 Å². The number of hydrogen-bond acceptors (Lipinski definition) is 3. The smallest absolute Gasteiger partial charge is 0.310 e. The predicted octanol–water partition coefficient (Wildman–Crippen LogP) is 3.01. The van der Waals surface area contributed by atoms with Gasteiger partial charge in [0.1, 0.15) is 5.82 Å². The van der Waals surface area contributed by atoms with Crippen molar-refractivity contribution < 1.29 is 18.7 Å². The number of nitrogens with one attached hydrogen (secondary N) is 1. The van der Waals surface area contributed by atoms with Crippen LogP contribution in [0.1, 0.15) is 37.7 Å². The summed E-state index contributed by atoms with van der Waals surface area (Å²) in [5.74, 6) is -1.55. The molecule has 22 heavy (non-hydrogen) atoms. The highest BCUT2D eigenvalue weighted by atomic mass is 35.5. The third kappa shape index (κ3) is 4.98. The molecule has 1 aromatic rings. The van der Waals surface area contributed by atoms with Gasteiger partial charge in [0.05, 0.1) is 6.42 Å². The van der Waals surface area contributed by atoms with Crippen molar-refractivity contribution in [2.24, 2.45) is 0 Å². The summed E-state index contributed by atoms with van der Waals surface area (Å²) in [4.78, 5) is 23.4. The molecular weight excluding hydrogens is 309 g/mol. The molecule has 0 unspecified atom stereocenters. The average Bonchev–Trinajstić information content (AvgIpc) is 2.50. The molecule has 1 aliphatic rings. The van der Waals surface area contributed by atoms with Gasteiger partial charge in [-0.2, -0.15) is 0 Å². The van der Waals surface area contributed by atoms with Crippen LogP contribution in [0.2, 0.25) is 5.02 Å². The van der Waals surface area contributed by atoms with E-state index in [4.69, 9.17) is 16.3 Å². The molecule has 0 radical (unpaired) electrons. The Bertz CT molecular complexity index is 524. The van der Waals surface area contributed by atoms with Crippen LogP contribution >= 0.6 is 11.6 Å². The lowest BCUT2D eigenvalue weighted by Gasteiger charge is -2.22. The van der Waals surface area contributed by atoms with Crippen LogP contribution in [-0.2, 0) is 20.7 Å². The molecular formula is C16H19ClFNO3. The van der Waals surface area contributed by atoms with Crippen molar-refractivity contribution in [2.75, 3.05) is 6.61 Å². The van der Waals surface area contributed by atoms with Gasteiger partial charge < -0.3 is 10.1 Å². The van der Waals surface area contributed by atoms with E-state index in [0.717, 1.165) is 25.7 Å². The van der Waals surface area contributed by atoms with Gasteiger partial charge in [-0.25, -0.2) is 4.39 Å². The first-order chi connectivity index (χ1) is 10.6. The molecule has 2 rings (SSSR count). The lowest BCUT2D eigenvalue weighted by Crippen LogP contribution is -2.38. The summed E-state index contributed by atoms with van der Waals surface area (Å²) in [5, 5.41) is 3.01. The Balaban J connectivity index is 1.76. The van der Waals surface area contributed by atoms with Crippen LogP contribution in [0.3, 0.4) is 0 Å². The molecule has 0 aliphatic heterocycles. The normalized spacial score (nSPS) is 15.4. The highest BCUT2D eigenvalue weighted by Crippen LogP contribution is 2.20. The largest absolute Gasteiger partial charge is 0.455 e. The molecule has 120 valence electrons. The number of carbonyl (C=O) groups is 2. The summed E-state index contributed by atoms with van der Waals surface area (Å²) in [5.41, 5.74) is 0.0851. The topological polar surface area (TPSA) is 55.4 Å². The Morgan fingerprint density at radius 3 is 2.68 bits per heavy atom. The number of rotatable bonds is 5. The van der Waals surface area contributed by atoms with Gasteiger partial charge in [0.25, 0.3) is 5.91 Å². The number of amides is 1. The van der Waals surface area contributed by atoms with Gasteiger partial charge in [-0.3, -0.25) is 9.59 Å². The lowest BCUT2D eigenvalue weighted by atomic mass is 9.95. The van der Waals surface area contributed by atoms with Crippen molar-refractivity contribution in [3.05, 3.63) is 34.6 Å². The Labute approximate surface area is 134 Å². The fourth-order valence-corrected chi connectivity index (χ4v) is 2.79. The molecule has 1 N–H and O–H groups in total. The third-order valence-electron chi connectivity index (χ3n) is 3.72. The van der Waals surface area contributed by atoms with Gasteiger partial charge >= 0.3 is 5.97 Å². The van der Waals surface area contributed by atoms with E-state index in [9.17, 15) is 14.0 Å². The van der Waals surface area contributed by atoms with E-state index in [0.29, 0.717) is 0 Å². The maximum absolute atomic E-state index is 13.5. The second-order valence-electron chi connectivity index (χ2n) is 5.44. The van der Waals surface area contributed by atoms with Crippen LogP contribution in [0, 0.1) is 5.82 Å². The van der Waals surface area contributed by atoms with E-state index in [1.54, 1.807) is 0 Å². The van der Waals surface area contributed by atoms with Crippen LogP contribution in [0.15, 0.2) is 18.2 Å². The second-order valence-corrected chi connectivity index (χ2v) is 5.85. The first-order valence-corrected chi connectivity index (χ1v) is 7.82. The zero-order valence-electron chi connectivity index (χ0n) is 12.2. The summed E-state index contributed by atoms with van der Waals surface area (Å²) in [6.45, 7) is -0.346. The molecule has 1 amide bonds. The number of esters is 1. The number of hydrogen-bond donors (Lipinski definition) is 1. The van der Waals surface area contributed by atoms with Crippen molar-refractivity contribution in [1.82, 2.24) is 5.32 Å². The van der Waals surface area contributed by atoms with Gasteiger partial charge in [-0.15, -0.1) is 0 Å². The molecule has 0 aromatic heterocycles. The quantitative estimate of drug-likeness (QED) is 0.846. The van der Waals surface area contributed by atoms with Crippen molar-refractivity contribution in [3.63, 3.8) is 0 Å². The van der Waals surface area contributed by atoms with Crippen molar-refractivity contribution in [2.45, 2.75) is 44.6 Å². The number of benzene rings is 1. The maximum atomic E-state index is 13.5. The van der Waals surface area contributed by atoms with Crippen LogP contribution < -0.4 is 5.32 Å². The number of carbonyl (C=O) groups excluding carboxylic acids is 2. The summed E-state index contributed by atoms with van der Waals surface area (Å²) < 4.78 is 18.4. The summed E-state index contributed by atoms with van der Waals surface area (Å²) in [6.07, 6.45) is 5.05. The first kappa shape index (κ1) is 16.7. The summed E-state index contributed by atoms with van der Waals surface area (Å²) in [7, 11) is 0. The summed E-state index contributed by atoms with van der Waals surface area (Å²) >= 11 is 5.84. The van der Waals surface area contributed by atoms with Gasteiger partial charge in [-0.1, -0.05) is 36.9 Å². The summed E-state index contributed by atoms with van der Waals surface area (Å²) in [6, 6.07) is 4.36. The fraction of sp³-hybridized carbons (Fsp3) is 0.500. The molecule has 0 atom stereocenters. The highest BCUT2D eigenvalue weighted by Gasteiger charge is 2.17.